The number of rotatable bonds is 2. The SMILES string of the molecule is CC1CN(Cc2cncn2C)c2ccc(Br)cc2O1. The van der Waals surface area contributed by atoms with E-state index in [4.69, 9.17) is 4.74 Å². The average molecular weight is 322 g/mol. The summed E-state index contributed by atoms with van der Waals surface area (Å²) in [4.78, 5) is 6.51. The summed E-state index contributed by atoms with van der Waals surface area (Å²) in [6.07, 6.45) is 3.94. The number of ether oxygens (including phenoxy) is 1. The van der Waals surface area contributed by atoms with E-state index in [9.17, 15) is 0 Å². The van der Waals surface area contributed by atoms with Gasteiger partial charge in [0.15, 0.2) is 0 Å². The summed E-state index contributed by atoms with van der Waals surface area (Å²) in [5.74, 6) is 0.940. The van der Waals surface area contributed by atoms with Crippen LogP contribution in [0.5, 0.6) is 5.75 Å². The number of imidazole rings is 1. The lowest BCUT2D eigenvalue weighted by Gasteiger charge is -2.35. The van der Waals surface area contributed by atoms with Gasteiger partial charge >= 0.3 is 0 Å². The van der Waals surface area contributed by atoms with Crippen LogP contribution in [0, 0.1) is 0 Å². The lowest BCUT2D eigenvalue weighted by atomic mass is 10.2. The van der Waals surface area contributed by atoms with Crippen LogP contribution in [0.4, 0.5) is 5.69 Å². The van der Waals surface area contributed by atoms with Crippen molar-refractivity contribution in [2.45, 2.75) is 19.6 Å². The van der Waals surface area contributed by atoms with Crippen LogP contribution < -0.4 is 9.64 Å². The fraction of sp³-hybridized carbons (Fsp3) is 0.357. The van der Waals surface area contributed by atoms with Gasteiger partial charge in [-0.2, -0.15) is 0 Å². The van der Waals surface area contributed by atoms with E-state index in [1.165, 1.54) is 5.69 Å². The zero-order valence-corrected chi connectivity index (χ0v) is 12.6. The fourth-order valence-electron chi connectivity index (χ4n) is 2.39. The third-order valence-electron chi connectivity index (χ3n) is 3.34. The van der Waals surface area contributed by atoms with Crippen LogP contribution >= 0.6 is 15.9 Å². The predicted octanol–water partition coefficient (Wildman–Crippen LogP) is 2.97. The summed E-state index contributed by atoms with van der Waals surface area (Å²) in [6.45, 7) is 3.83. The summed E-state index contributed by atoms with van der Waals surface area (Å²) in [7, 11) is 2.02. The molecule has 0 amide bonds. The van der Waals surface area contributed by atoms with Crippen LogP contribution in [-0.4, -0.2) is 22.2 Å². The first-order valence-electron chi connectivity index (χ1n) is 6.30. The summed E-state index contributed by atoms with van der Waals surface area (Å²) in [5.41, 5.74) is 2.34. The van der Waals surface area contributed by atoms with Crippen molar-refractivity contribution in [1.29, 1.82) is 0 Å². The van der Waals surface area contributed by atoms with Crippen molar-refractivity contribution in [3.8, 4) is 5.75 Å². The van der Waals surface area contributed by atoms with Crippen molar-refractivity contribution in [3.05, 3.63) is 40.9 Å². The second-order valence-electron chi connectivity index (χ2n) is 4.92. The predicted molar refractivity (Wildman–Crippen MR) is 78.5 cm³/mol. The molecule has 0 fully saturated rings. The van der Waals surface area contributed by atoms with Gasteiger partial charge in [-0.1, -0.05) is 15.9 Å². The number of anilines is 1. The lowest BCUT2D eigenvalue weighted by molar-refractivity contribution is 0.211. The van der Waals surface area contributed by atoms with E-state index >= 15 is 0 Å². The average Bonchev–Trinajstić information content (AvgIpc) is 2.74. The van der Waals surface area contributed by atoms with E-state index < -0.39 is 0 Å². The van der Waals surface area contributed by atoms with Gasteiger partial charge in [0.1, 0.15) is 11.9 Å². The molecule has 1 aromatic heterocycles. The molecular formula is C14H16BrN3O. The molecule has 1 unspecified atom stereocenters. The molecule has 1 aliphatic heterocycles. The molecule has 0 spiro atoms. The van der Waals surface area contributed by atoms with Crippen molar-refractivity contribution >= 4 is 21.6 Å². The van der Waals surface area contributed by atoms with Gasteiger partial charge in [0.2, 0.25) is 0 Å². The maximum atomic E-state index is 5.90. The zero-order valence-electron chi connectivity index (χ0n) is 11.0. The van der Waals surface area contributed by atoms with Gasteiger partial charge < -0.3 is 14.2 Å². The monoisotopic (exact) mass is 321 g/mol. The van der Waals surface area contributed by atoms with Crippen molar-refractivity contribution < 1.29 is 4.74 Å². The van der Waals surface area contributed by atoms with Crippen molar-refractivity contribution in [2.24, 2.45) is 7.05 Å². The Hall–Kier alpha value is -1.49. The minimum atomic E-state index is 0.190. The first-order valence-corrected chi connectivity index (χ1v) is 7.09. The molecule has 0 aliphatic carbocycles. The van der Waals surface area contributed by atoms with Gasteiger partial charge in [0, 0.05) is 17.7 Å². The Morgan fingerprint density at radius 2 is 2.32 bits per heavy atom. The largest absolute Gasteiger partial charge is 0.487 e. The maximum absolute atomic E-state index is 5.90. The molecular weight excluding hydrogens is 306 g/mol. The molecule has 3 rings (SSSR count). The molecule has 5 heteroatoms. The van der Waals surface area contributed by atoms with Crippen LogP contribution in [0.3, 0.4) is 0 Å². The number of nitrogens with zero attached hydrogens (tertiary/aromatic N) is 3. The smallest absolute Gasteiger partial charge is 0.144 e. The molecule has 0 saturated carbocycles. The van der Waals surface area contributed by atoms with Gasteiger partial charge in [0.25, 0.3) is 0 Å². The highest BCUT2D eigenvalue weighted by atomic mass is 79.9. The van der Waals surface area contributed by atoms with E-state index in [0.717, 1.165) is 29.0 Å². The minimum Gasteiger partial charge on any atom is -0.487 e. The Bertz CT molecular complexity index is 596. The first-order chi connectivity index (χ1) is 9.13. The molecule has 0 N–H and O–H groups in total. The molecule has 2 aromatic rings. The number of aromatic nitrogens is 2. The molecule has 1 atom stereocenters. The molecule has 100 valence electrons. The lowest BCUT2D eigenvalue weighted by Crippen LogP contribution is -2.38. The van der Waals surface area contributed by atoms with E-state index in [-0.39, 0.29) is 6.10 Å². The summed E-state index contributed by atoms with van der Waals surface area (Å²) < 4.78 is 8.99. The highest BCUT2D eigenvalue weighted by molar-refractivity contribution is 9.10. The fourth-order valence-corrected chi connectivity index (χ4v) is 2.73. The summed E-state index contributed by atoms with van der Waals surface area (Å²) in [6, 6.07) is 6.18. The van der Waals surface area contributed by atoms with Gasteiger partial charge in [-0.15, -0.1) is 0 Å². The number of hydrogen-bond acceptors (Lipinski definition) is 3. The number of benzene rings is 1. The highest BCUT2D eigenvalue weighted by Gasteiger charge is 2.23. The van der Waals surface area contributed by atoms with Crippen LogP contribution in [0.25, 0.3) is 0 Å². The highest BCUT2D eigenvalue weighted by Crippen LogP contribution is 2.36. The molecule has 0 radical (unpaired) electrons. The Labute approximate surface area is 121 Å². The summed E-state index contributed by atoms with van der Waals surface area (Å²) >= 11 is 3.49. The second-order valence-corrected chi connectivity index (χ2v) is 5.83. The molecule has 4 nitrogen and oxygen atoms in total. The zero-order chi connectivity index (χ0) is 13.4. The first kappa shape index (κ1) is 12.5. The molecule has 0 bridgehead atoms. The van der Waals surface area contributed by atoms with Gasteiger partial charge in [0.05, 0.1) is 30.8 Å². The minimum absolute atomic E-state index is 0.190. The second kappa shape index (κ2) is 4.89. The van der Waals surface area contributed by atoms with Crippen LogP contribution in [0.1, 0.15) is 12.6 Å². The van der Waals surface area contributed by atoms with E-state index in [2.05, 4.69) is 49.4 Å². The van der Waals surface area contributed by atoms with E-state index in [1.54, 1.807) is 0 Å². The molecule has 1 aromatic carbocycles. The number of fused-ring (bicyclic) bond motifs is 1. The topological polar surface area (TPSA) is 30.3 Å². The summed E-state index contributed by atoms with van der Waals surface area (Å²) in [5, 5.41) is 0. The quantitative estimate of drug-likeness (QED) is 0.851. The third-order valence-corrected chi connectivity index (χ3v) is 3.83. The number of aryl methyl sites for hydroxylation is 1. The Kier molecular flexibility index (Phi) is 3.22. The normalized spacial score (nSPS) is 18.1. The molecule has 2 heterocycles. The van der Waals surface area contributed by atoms with E-state index in [0.29, 0.717) is 0 Å². The number of halogens is 1. The van der Waals surface area contributed by atoms with Crippen molar-refractivity contribution in [2.75, 3.05) is 11.4 Å². The van der Waals surface area contributed by atoms with Crippen molar-refractivity contribution in [3.63, 3.8) is 0 Å². The van der Waals surface area contributed by atoms with Crippen LogP contribution in [-0.2, 0) is 13.6 Å². The third kappa shape index (κ3) is 2.47. The van der Waals surface area contributed by atoms with Gasteiger partial charge in [-0.3, -0.25) is 0 Å². The number of hydrogen-bond donors (Lipinski definition) is 0. The molecule has 19 heavy (non-hydrogen) atoms. The Morgan fingerprint density at radius 1 is 1.47 bits per heavy atom. The molecule has 0 saturated heterocycles. The van der Waals surface area contributed by atoms with Crippen molar-refractivity contribution in [1.82, 2.24) is 9.55 Å². The van der Waals surface area contributed by atoms with Gasteiger partial charge in [-0.25, -0.2) is 4.98 Å². The Balaban J connectivity index is 1.93. The van der Waals surface area contributed by atoms with Crippen LogP contribution in [0.15, 0.2) is 35.2 Å². The van der Waals surface area contributed by atoms with Crippen LogP contribution in [0.2, 0.25) is 0 Å². The maximum Gasteiger partial charge on any atom is 0.144 e. The molecule has 1 aliphatic rings. The van der Waals surface area contributed by atoms with Gasteiger partial charge in [-0.05, 0) is 25.1 Å². The van der Waals surface area contributed by atoms with E-state index in [1.807, 2.05) is 25.6 Å². The standard InChI is InChI=1S/C14H16BrN3O/c1-10-7-18(8-12-6-16-9-17(12)2)13-4-3-11(15)5-14(13)19-10/h3-6,9-10H,7-8H2,1-2H3. The Morgan fingerprint density at radius 3 is 3.05 bits per heavy atom.